The number of aliphatic carboxylic acids is 1. The molecule has 1 rings (SSSR count). The molecule has 0 aliphatic carbocycles. The zero-order valence-electron chi connectivity index (χ0n) is 9.81. The molecule has 2 unspecified atom stereocenters. The first-order chi connectivity index (χ1) is 7.97. The van der Waals surface area contributed by atoms with E-state index in [2.05, 4.69) is 0 Å². The molecule has 1 aromatic carbocycles. The fourth-order valence-corrected chi connectivity index (χ4v) is 2.07. The third kappa shape index (κ3) is 3.30. The number of alkyl halides is 1. The summed E-state index contributed by atoms with van der Waals surface area (Å²) in [5.41, 5.74) is 1.46. The topological polar surface area (TPSA) is 54.4 Å². The molecule has 1 N–H and O–H groups in total. The second-order valence-corrected chi connectivity index (χ2v) is 4.40. The van der Waals surface area contributed by atoms with E-state index in [1.165, 1.54) is 6.92 Å². The normalized spacial score (nSPS) is 14.1. The van der Waals surface area contributed by atoms with Gasteiger partial charge in [0.1, 0.15) is 5.38 Å². The van der Waals surface area contributed by atoms with E-state index in [4.69, 9.17) is 16.7 Å². The van der Waals surface area contributed by atoms with Crippen molar-refractivity contribution in [2.75, 3.05) is 0 Å². The van der Waals surface area contributed by atoms with Gasteiger partial charge in [-0.2, -0.15) is 0 Å². The Bertz CT molecular complexity index is 411. The molecule has 4 heteroatoms. The number of hydrogen-bond acceptors (Lipinski definition) is 2. The first kappa shape index (κ1) is 13.7. The van der Waals surface area contributed by atoms with E-state index in [-0.39, 0.29) is 11.7 Å². The fourth-order valence-electron chi connectivity index (χ4n) is 1.75. The molecule has 92 valence electrons. The Labute approximate surface area is 105 Å². The predicted molar refractivity (Wildman–Crippen MR) is 66.8 cm³/mol. The van der Waals surface area contributed by atoms with Crippen LogP contribution in [-0.4, -0.2) is 22.2 Å². The SMILES string of the molecule is CCC(c1ccc(C(C)=O)cc1)C(Cl)C(=O)O. The van der Waals surface area contributed by atoms with Crippen molar-refractivity contribution in [3.05, 3.63) is 35.4 Å². The number of Topliss-reactive ketones (excluding diaryl/α,β-unsaturated/α-hetero) is 1. The molecule has 3 nitrogen and oxygen atoms in total. The molecule has 0 saturated heterocycles. The second-order valence-electron chi connectivity index (χ2n) is 3.93. The standard InChI is InChI=1S/C13H15ClO3/c1-3-11(12(14)13(16)17)10-6-4-9(5-7-10)8(2)15/h4-7,11-12H,3H2,1-2H3,(H,16,17). The highest BCUT2D eigenvalue weighted by Gasteiger charge is 2.25. The largest absolute Gasteiger partial charge is 0.480 e. The Balaban J connectivity index is 2.97. The maximum atomic E-state index is 11.1. The van der Waals surface area contributed by atoms with Crippen molar-refractivity contribution in [1.29, 1.82) is 0 Å². The van der Waals surface area contributed by atoms with E-state index in [9.17, 15) is 9.59 Å². The maximum Gasteiger partial charge on any atom is 0.322 e. The average molecular weight is 255 g/mol. The number of carbonyl (C=O) groups is 2. The van der Waals surface area contributed by atoms with E-state index in [1.807, 2.05) is 6.92 Å². The minimum atomic E-state index is -1.02. The Morgan fingerprint density at radius 3 is 2.18 bits per heavy atom. The van der Waals surface area contributed by atoms with E-state index in [0.29, 0.717) is 12.0 Å². The lowest BCUT2D eigenvalue weighted by Gasteiger charge is -2.18. The van der Waals surface area contributed by atoms with Crippen LogP contribution in [0.15, 0.2) is 24.3 Å². The second kappa shape index (κ2) is 5.82. The number of rotatable bonds is 5. The van der Waals surface area contributed by atoms with Gasteiger partial charge in [-0.3, -0.25) is 9.59 Å². The highest BCUT2D eigenvalue weighted by molar-refractivity contribution is 6.30. The number of hydrogen-bond donors (Lipinski definition) is 1. The van der Waals surface area contributed by atoms with Crippen molar-refractivity contribution in [1.82, 2.24) is 0 Å². The summed E-state index contributed by atoms with van der Waals surface area (Å²) < 4.78 is 0. The smallest absolute Gasteiger partial charge is 0.322 e. The van der Waals surface area contributed by atoms with Gasteiger partial charge in [-0.05, 0) is 18.9 Å². The number of halogens is 1. The molecular weight excluding hydrogens is 240 g/mol. The molecule has 0 aliphatic rings. The average Bonchev–Trinajstić information content (AvgIpc) is 2.30. The molecule has 2 atom stereocenters. The van der Waals surface area contributed by atoms with Crippen LogP contribution in [-0.2, 0) is 4.79 Å². The quantitative estimate of drug-likeness (QED) is 0.649. The lowest BCUT2D eigenvalue weighted by Crippen LogP contribution is -2.22. The van der Waals surface area contributed by atoms with Gasteiger partial charge in [-0.1, -0.05) is 31.2 Å². The molecule has 0 aromatic heterocycles. The summed E-state index contributed by atoms with van der Waals surface area (Å²) in [5, 5.41) is 7.96. The molecule has 0 aliphatic heterocycles. The monoisotopic (exact) mass is 254 g/mol. The summed E-state index contributed by atoms with van der Waals surface area (Å²) >= 11 is 5.85. The molecule has 0 bridgehead atoms. The lowest BCUT2D eigenvalue weighted by molar-refractivity contribution is -0.137. The first-order valence-electron chi connectivity index (χ1n) is 5.45. The van der Waals surface area contributed by atoms with E-state index >= 15 is 0 Å². The molecule has 0 radical (unpaired) electrons. The summed E-state index contributed by atoms with van der Waals surface area (Å²) in [6, 6.07) is 6.93. The van der Waals surface area contributed by atoms with Crippen LogP contribution in [0.5, 0.6) is 0 Å². The number of ketones is 1. The van der Waals surface area contributed by atoms with Gasteiger partial charge in [0.15, 0.2) is 5.78 Å². The Morgan fingerprint density at radius 2 is 1.82 bits per heavy atom. The van der Waals surface area contributed by atoms with E-state index in [1.54, 1.807) is 24.3 Å². The molecule has 0 amide bonds. The van der Waals surface area contributed by atoms with Gasteiger partial charge in [0.25, 0.3) is 0 Å². The van der Waals surface area contributed by atoms with Crippen molar-refractivity contribution in [3.63, 3.8) is 0 Å². The number of carboxylic acid groups (broad SMARTS) is 1. The van der Waals surface area contributed by atoms with Gasteiger partial charge in [0.2, 0.25) is 0 Å². The van der Waals surface area contributed by atoms with Gasteiger partial charge in [0, 0.05) is 11.5 Å². The highest BCUT2D eigenvalue weighted by atomic mass is 35.5. The number of carbonyl (C=O) groups excluding carboxylic acids is 1. The van der Waals surface area contributed by atoms with Gasteiger partial charge in [-0.15, -0.1) is 11.6 Å². The Kier molecular flexibility index (Phi) is 4.70. The molecule has 0 saturated carbocycles. The Morgan fingerprint density at radius 1 is 1.29 bits per heavy atom. The van der Waals surface area contributed by atoms with Crippen molar-refractivity contribution < 1.29 is 14.7 Å². The lowest BCUT2D eigenvalue weighted by atomic mass is 9.92. The predicted octanol–water partition coefficient (Wildman–Crippen LogP) is 3.07. The van der Waals surface area contributed by atoms with Crippen molar-refractivity contribution >= 4 is 23.4 Å². The van der Waals surface area contributed by atoms with Gasteiger partial charge < -0.3 is 5.11 Å². The minimum absolute atomic E-state index is 0.00902. The minimum Gasteiger partial charge on any atom is -0.480 e. The van der Waals surface area contributed by atoms with Crippen LogP contribution in [0.3, 0.4) is 0 Å². The highest BCUT2D eigenvalue weighted by Crippen LogP contribution is 2.27. The fraction of sp³-hybridized carbons (Fsp3) is 0.385. The number of benzene rings is 1. The van der Waals surface area contributed by atoms with Crippen LogP contribution in [0.25, 0.3) is 0 Å². The molecule has 0 heterocycles. The Hall–Kier alpha value is -1.35. The first-order valence-corrected chi connectivity index (χ1v) is 5.88. The van der Waals surface area contributed by atoms with Gasteiger partial charge in [-0.25, -0.2) is 0 Å². The van der Waals surface area contributed by atoms with Crippen LogP contribution >= 0.6 is 11.6 Å². The van der Waals surface area contributed by atoms with Crippen LogP contribution in [0, 0.1) is 0 Å². The van der Waals surface area contributed by atoms with E-state index < -0.39 is 11.3 Å². The van der Waals surface area contributed by atoms with Crippen LogP contribution in [0.2, 0.25) is 0 Å². The molecular formula is C13H15ClO3. The van der Waals surface area contributed by atoms with Crippen LogP contribution < -0.4 is 0 Å². The van der Waals surface area contributed by atoms with Crippen LogP contribution in [0.1, 0.15) is 42.1 Å². The summed E-state index contributed by atoms with van der Waals surface area (Å²) in [7, 11) is 0. The molecule has 0 fully saturated rings. The van der Waals surface area contributed by atoms with Crippen molar-refractivity contribution in [2.45, 2.75) is 31.6 Å². The molecule has 1 aromatic rings. The van der Waals surface area contributed by atoms with Crippen molar-refractivity contribution in [2.24, 2.45) is 0 Å². The summed E-state index contributed by atoms with van der Waals surface area (Å²) in [4.78, 5) is 22.0. The van der Waals surface area contributed by atoms with E-state index in [0.717, 1.165) is 5.56 Å². The zero-order valence-corrected chi connectivity index (χ0v) is 10.6. The molecule has 0 spiro atoms. The summed E-state index contributed by atoms with van der Waals surface area (Å²) in [6.45, 7) is 3.38. The molecule has 17 heavy (non-hydrogen) atoms. The third-order valence-corrected chi connectivity index (χ3v) is 3.27. The maximum absolute atomic E-state index is 11.1. The van der Waals surface area contributed by atoms with Crippen LogP contribution in [0.4, 0.5) is 0 Å². The third-order valence-electron chi connectivity index (χ3n) is 2.77. The van der Waals surface area contributed by atoms with Gasteiger partial charge in [0.05, 0.1) is 0 Å². The summed E-state index contributed by atoms with van der Waals surface area (Å²) in [6.07, 6.45) is 0.639. The van der Waals surface area contributed by atoms with Crippen molar-refractivity contribution in [3.8, 4) is 0 Å². The number of carboxylic acids is 1. The van der Waals surface area contributed by atoms with Gasteiger partial charge >= 0.3 is 5.97 Å². The zero-order chi connectivity index (χ0) is 13.0. The summed E-state index contributed by atoms with van der Waals surface area (Å²) in [5.74, 6) is -1.27.